The monoisotopic (exact) mass is 264 g/mol. The quantitative estimate of drug-likeness (QED) is 0.787. The first-order valence-corrected chi connectivity index (χ1v) is 6.58. The second kappa shape index (κ2) is 5.67. The summed E-state index contributed by atoms with van der Waals surface area (Å²) in [5.41, 5.74) is 9.54. The maximum absolute atomic E-state index is 6.33. The van der Waals surface area contributed by atoms with E-state index in [4.69, 9.17) is 5.73 Å². The number of pyridine rings is 1. The standard InChI is InChI=1S/C16H16N4/c17-15(12-13-6-9-18-10-7-13)16-8-11-19-20(16)14-4-2-1-3-5-14/h1-11,15H,12,17H2. The van der Waals surface area contributed by atoms with Crippen molar-refractivity contribution in [1.82, 2.24) is 14.8 Å². The van der Waals surface area contributed by atoms with Gasteiger partial charge in [-0.1, -0.05) is 18.2 Å². The number of nitrogens with two attached hydrogens (primary N) is 1. The molecule has 4 nitrogen and oxygen atoms in total. The van der Waals surface area contributed by atoms with E-state index in [1.54, 1.807) is 18.6 Å². The summed E-state index contributed by atoms with van der Waals surface area (Å²) in [4.78, 5) is 4.02. The second-order valence-electron chi connectivity index (χ2n) is 4.67. The Morgan fingerprint density at radius 2 is 1.70 bits per heavy atom. The number of nitrogens with zero attached hydrogens (tertiary/aromatic N) is 3. The molecular formula is C16H16N4. The van der Waals surface area contributed by atoms with E-state index in [2.05, 4.69) is 10.1 Å². The lowest BCUT2D eigenvalue weighted by Gasteiger charge is -2.14. The molecule has 0 radical (unpaired) electrons. The van der Waals surface area contributed by atoms with Crippen LogP contribution in [0.15, 0.2) is 67.1 Å². The maximum atomic E-state index is 6.33. The molecule has 0 amide bonds. The molecular weight excluding hydrogens is 248 g/mol. The summed E-state index contributed by atoms with van der Waals surface area (Å²) in [5.74, 6) is 0. The Morgan fingerprint density at radius 1 is 0.950 bits per heavy atom. The van der Waals surface area contributed by atoms with Gasteiger partial charge in [0.2, 0.25) is 0 Å². The lowest BCUT2D eigenvalue weighted by atomic mass is 10.1. The smallest absolute Gasteiger partial charge is 0.0649 e. The van der Waals surface area contributed by atoms with Gasteiger partial charge in [-0.15, -0.1) is 0 Å². The van der Waals surface area contributed by atoms with E-state index in [9.17, 15) is 0 Å². The van der Waals surface area contributed by atoms with E-state index >= 15 is 0 Å². The molecule has 0 bridgehead atoms. The first-order valence-electron chi connectivity index (χ1n) is 6.58. The lowest BCUT2D eigenvalue weighted by Crippen LogP contribution is -2.17. The number of hydrogen-bond acceptors (Lipinski definition) is 3. The van der Waals surface area contributed by atoms with Crippen molar-refractivity contribution in [2.24, 2.45) is 5.73 Å². The molecule has 1 atom stereocenters. The molecule has 0 aliphatic carbocycles. The van der Waals surface area contributed by atoms with Crippen molar-refractivity contribution in [1.29, 1.82) is 0 Å². The minimum atomic E-state index is -0.0971. The van der Waals surface area contributed by atoms with Gasteiger partial charge in [0.05, 0.1) is 17.4 Å². The van der Waals surface area contributed by atoms with Crippen molar-refractivity contribution in [3.8, 4) is 5.69 Å². The average molecular weight is 264 g/mol. The number of benzene rings is 1. The molecule has 0 aliphatic heterocycles. The largest absolute Gasteiger partial charge is 0.322 e. The van der Waals surface area contributed by atoms with E-state index in [0.29, 0.717) is 0 Å². The highest BCUT2D eigenvalue weighted by Crippen LogP contribution is 2.18. The van der Waals surface area contributed by atoms with Gasteiger partial charge < -0.3 is 5.73 Å². The van der Waals surface area contributed by atoms with Crippen molar-refractivity contribution in [3.63, 3.8) is 0 Å². The molecule has 0 spiro atoms. The summed E-state index contributed by atoms with van der Waals surface area (Å²) in [7, 11) is 0. The Hall–Kier alpha value is -2.46. The minimum absolute atomic E-state index is 0.0971. The Kier molecular flexibility index (Phi) is 3.56. The molecule has 3 rings (SSSR count). The van der Waals surface area contributed by atoms with E-state index in [1.165, 1.54) is 5.56 Å². The van der Waals surface area contributed by atoms with Crippen LogP contribution in [0.25, 0.3) is 5.69 Å². The fourth-order valence-electron chi connectivity index (χ4n) is 2.26. The predicted molar refractivity (Wildman–Crippen MR) is 78.4 cm³/mol. The van der Waals surface area contributed by atoms with Crippen LogP contribution in [-0.4, -0.2) is 14.8 Å². The SMILES string of the molecule is NC(Cc1ccncc1)c1ccnn1-c1ccccc1. The maximum Gasteiger partial charge on any atom is 0.0649 e. The van der Waals surface area contributed by atoms with Crippen LogP contribution in [0, 0.1) is 0 Å². The lowest BCUT2D eigenvalue weighted by molar-refractivity contribution is 0.654. The van der Waals surface area contributed by atoms with Crippen molar-refractivity contribution in [2.75, 3.05) is 0 Å². The molecule has 1 aromatic carbocycles. The summed E-state index contributed by atoms with van der Waals surface area (Å²) in [6, 6.07) is 15.9. The molecule has 2 aromatic heterocycles. The molecule has 1 unspecified atom stereocenters. The van der Waals surface area contributed by atoms with Crippen LogP contribution in [0.2, 0.25) is 0 Å². The van der Waals surface area contributed by atoms with E-state index in [0.717, 1.165) is 17.8 Å². The second-order valence-corrected chi connectivity index (χ2v) is 4.67. The van der Waals surface area contributed by atoms with Gasteiger partial charge in [-0.3, -0.25) is 4.98 Å². The van der Waals surface area contributed by atoms with Crippen LogP contribution in [0.5, 0.6) is 0 Å². The molecule has 20 heavy (non-hydrogen) atoms. The van der Waals surface area contributed by atoms with Crippen LogP contribution in [0.3, 0.4) is 0 Å². The molecule has 100 valence electrons. The summed E-state index contributed by atoms with van der Waals surface area (Å²) in [6.45, 7) is 0. The highest BCUT2D eigenvalue weighted by Gasteiger charge is 2.13. The zero-order valence-corrected chi connectivity index (χ0v) is 11.1. The zero-order chi connectivity index (χ0) is 13.8. The summed E-state index contributed by atoms with van der Waals surface area (Å²) < 4.78 is 1.89. The van der Waals surface area contributed by atoms with Crippen molar-refractivity contribution in [2.45, 2.75) is 12.5 Å². The molecule has 0 aliphatic rings. The summed E-state index contributed by atoms with van der Waals surface area (Å²) >= 11 is 0. The highest BCUT2D eigenvalue weighted by molar-refractivity contribution is 5.33. The molecule has 2 N–H and O–H groups in total. The number of para-hydroxylation sites is 1. The molecule has 3 aromatic rings. The van der Waals surface area contributed by atoms with E-state index in [1.807, 2.05) is 53.2 Å². The van der Waals surface area contributed by atoms with Gasteiger partial charge in [-0.2, -0.15) is 5.10 Å². The average Bonchev–Trinajstić information content (AvgIpc) is 2.99. The van der Waals surface area contributed by atoms with Crippen LogP contribution in [-0.2, 0) is 6.42 Å². The van der Waals surface area contributed by atoms with Gasteiger partial charge in [-0.25, -0.2) is 4.68 Å². The van der Waals surface area contributed by atoms with Gasteiger partial charge in [0.15, 0.2) is 0 Å². The van der Waals surface area contributed by atoms with Crippen LogP contribution in [0.1, 0.15) is 17.3 Å². The first-order chi connectivity index (χ1) is 9.84. The van der Waals surface area contributed by atoms with Crippen LogP contribution >= 0.6 is 0 Å². The number of hydrogen-bond donors (Lipinski definition) is 1. The highest BCUT2D eigenvalue weighted by atomic mass is 15.3. The molecule has 4 heteroatoms. The molecule has 0 fully saturated rings. The van der Waals surface area contributed by atoms with Crippen molar-refractivity contribution in [3.05, 3.63) is 78.4 Å². The minimum Gasteiger partial charge on any atom is -0.322 e. The topological polar surface area (TPSA) is 56.7 Å². The van der Waals surface area contributed by atoms with Gasteiger partial charge in [0.1, 0.15) is 0 Å². The normalized spacial score (nSPS) is 12.2. The summed E-state index contributed by atoms with van der Waals surface area (Å²) in [5, 5.41) is 4.37. The third kappa shape index (κ3) is 2.60. The summed E-state index contributed by atoms with van der Waals surface area (Å²) in [6.07, 6.45) is 6.13. The Balaban J connectivity index is 1.86. The van der Waals surface area contributed by atoms with Gasteiger partial charge >= 0.3 is 0 Å². The Bertz CT molecular complexity index is 661. The number of rotatable bonds is 4. The predicted octanol–water partition coefficient (Wildman–Crippen LogP) is 2.51. The Morgan fingerprint density at radius 3 is 2.45 bits per heavy atom. The van der Waals surface area contributed by atoms with Crippen LogP contribution in [0.4, 0.5) is 0 Å². The fraction of sp³-hybridized carbons (Fsp3) is 0.125. The van der Waals surface area contributed by atoms with Gasteiger partial charge in [0, 0.05) is 18.6 Å². The third-order valence-corrected chi connectivity index (χ3v) is 3.26. The number of aromatic nitrogens is 3. The molecule has 0 saturated carbocycles. The van der Waals surface area contributed by atoms with Crippen molar-refractivity contribution >= 4 is 0 Å². The third-order valence-electron chi connectivity index (χ3n) is 3.26. The Labute approximate surface area is 117 Å². The van der Waals surface area contributed by atoms with E-state index in [-0.39, 0.29) is 6.04 Å². The van der Waals surface area contributed by atoms with Gasteiger partial charge in [0.25, 0.3) is 0 Å². The van der Waals surface area contributed by atoms with Gasteiger partial charge in [-0.05, 0) is 42.3 Å². The van der Waals surface area contributed by atoms with Crippen LogP contribution < -0.4 is 5.73 Å². The molecule has 2 heterocycles. The van der Waals surface area contributed by atoms with E-state index < -0.39 is 0 Å². The van der Waals surface area contributed by atoms with Crippen molar-refractivity contribution < 1.29 is 0 Å². The first kappa shape index (κ1) is 12.6. The fourth-order valence-corrected chi connectivity index (χ4v) is 2.26. The zero-order valence-electron chi connectivity index (χ0n) is 11.1. The molecule has 0 saturated heterocycles.